The first kappa shape index (κ1) is 33.3. The highest BCUT2D eigenvalue weighted by Gasteiger charge is 2.54. The second kappa shape index (κ2) is 13.5. The third-order valence-electron chi connectivity index (χ3n) is 8.18. The van der Waals surface area contributed by atoms with Gasteiger partial charge in [-0.15, -0.1) is 0 Å². The molecule has 5 aromatic rings. The summed E-state index contributed by atoms with van der Waals surface area (Å²) in [6.45, 7) is 4.93. The van der Waals surface area contributed by atoms with Gasteiger partial charge >= 0.3 is 14.1 Å². The van der Waals surface area contributed by atoms with Crippen LogP contribution in [0.2, 0.25) is 0 Å². The number of anilines is 1. The highest BCUT2D eigenvalue weighted by molar-refractivity contribution is 7.36. The average molecular weight is 678 g/mol. The molecule has 1 aliphatic heterocycles. The summed E-state index contributed by atoms with van der Waals surface area (Å²) in [5.74, 6) is -0.898. The van der Waals surface area contributed by atoms with E-state index >= 15 is 0 Å². The molecule has 48 heavy (non-hydrogen) atoms. The Morgan fingerprint density at radius 2 is 1.90 bits per heavy atom. The largest absolute Gasteiger partial charge is 0.481 e. The van der Waals surface area contributed by atoms with Crippen LogP contribution in [0.3, 0.4) is 0 Å². The van der Waals surface area contributed by atoms with Crippen molar-refractivity contribution < 1.29 is 43.5 Å². The molecule has 1 unspecified atom stereocenters. The number of nitrogens with zero attached hydrogens (tertiary/aromatic N) is 5. The lowest BCUT2D eigenvalue weighted by atomic mass is 9.96. The normalized spacial score (nSPS) is 22.2. The molecule has 1 aliphatic rings. The topological polar surface area (TPSA) is 205 Å². The van der Waals surface area contributed by atoms with Crippen molar-refractivity contribution in [3.05, 3.63) is 91.1 Å². The Balaban J connectivity index is 1.32. The number of carboxylic acids is 1. The van der Waals surface area contributed by atoms with Crippen molar-refractivity contribution in [3.8, 4) is 11.6 Å². The Morgan fingerprint density at radius 3 is 2.65 bits per heavy atom. The maximum atomic E-state index is 14.1. The van der Waals surface area contributed by atoms with Gasteiger partial charge in [0.1, 0.15) is 23.6 Å². The van der Waals surface area contributed by atoms with Crippen LogP contribution in [0.15, 0.2) is 73.1 Å². The van der Waals surface area contributed by atoms with Crippen molar-refractivity contribution in [3.63, 3.8) is 0 Å². The number of methoxy groups -OCH3 is 1. The molecule has 1 saturated heterocycles. The van der Waals surface area contributed by atoms with Crippen LogP contribution in [0.4, 0.5) is 5.95 Å². The molecule has 1 fully saturated rings. The van der Waals surface area contributed by atoms with Crippen molar-refractivity contribution in [1.82, 2.24) is 24.4 Å². The molecule has 6 atom stereocenters. The van der Waals surface area contributed by atoms with E-state index in [1.54, 1.807) is 36.4 Å². The van der Waals surface area contributed by atoms with Gasteiger partial charge in [-0.25, -0.2) is 4.98 Å². The quantitative estimate of drug-likeness (QED) is 0.110. The van der Waals surface area contributed by atoms with Crippen LogP contribution in [0, 0.1) is 6.92 Å². The molecule has 6 rings (SSSR count). The molecule has 3 aromatic carbocycles. The number of ether oxygens (including phenoxy) is 2. The highest BCUT2D eigenvalue weighted by atomic mass is 31.1. The lowest BCUT2D eigenvalue weighted by Crippen LogP contribution is -2.45. The molecule has 2 aromatic heterocycles. The van der Waals surface area contributed by atoms with E-state index in [1.165, 1.54) is 24.9 Å². The van der Waals surface area contributed by atoms with Gasteiger partial charge in [0.15, 0.2) is 17.4 Å². The van der Waals surface area contributed by atoms with Crippen LogP contribution in [-0.4, -0.2) is 77.2 Å². The maximum Gasteiger partial charge on any atom is 0.331 e. The highest BCUT2D eigenvalue weighted by Crippen LogP contribution is 2.45. The fraction of sp³-hybridized carbons (Fsp3) is 0.281. The molecule has 3 heterocycles. The van der Waals surface area contributed by atoms with Crippen LogP contribution in [0.25, 0.3) is 21.9 Å². The summed E-state index contributed by atoms with van der Waals surface area (Å²) in [6.07, 6.45) is -3.17. The number of carboxylic acid groups (broad SMARTS) is 1. The Bertz CT molecular complexity index is 1980. The summed E-state index contributed by atoms with van der Waals surface area (Å²) < 4.78 is 32.9. The van der Waals surface area contributed by atoms with E-state index < -0.39 is 57.3 Å². The number of carbonyl (C=O) groups is 1. The lowest BCUT2D eigenvalue weighted by molar-refractivity contribution is -0.169. The summed E-state index contributed by atoms with van der Waals surface area (Å²) in [5.41, 5.74) is 5.30. The number of aromatic nitrogens is 4. The van der Waals surface area contributed by atoms with Crippen LogP contribution in [0.5, 0.6) is 11.6 Å². The summed E-state index contributed by atoms with van der Waals surface area (Å²) in [7, 11) is -2.01. The molecule has 0 spiro atoms. The number of benzene rings is 3. The standard InChI is InChI=1S/C32H34N6O9P/c1-18-9-4-6-12-20(18)22(15-25(39)40)38(48(43)47-23-14-8-11-19-10-5-7-13-21(19)23)45-16-24-27(41)32(2,42)30(46-24)37-17-34-26-28(37)35-31(33)36-29(26)44-3/h4-14,17,22,24,27,30,41-42,48H,1,15-16H2,2-3H3,(H,39,40)(H2,33,35,36)/t22-,24+,27+,30+,32+/m0/s1. The number of hydrogen-bond donors (Lipinski definition) is 4. The average Bonchev–Trinajstić information content (AvgIpc) is 3.57. The van der Waals surface area contributed by atoms with E-state index in [0.29, 0.717) is 22.3 Å². The molecule has 0 aliphatic carbocycles. The second-order valence-electron chi connectivity index (χ2n) is 11.4. The van der Waals surface area contributed by atoms with Gasteiger partial charge in [0.2, 0.25) is 11.8 Å². The first-order valence-electron chi connectivity index (χ1n) is 14.8. The molecule has 5 N–H and O–H groups in total. The van der Waals surface area contributed by atoms with Crippen LogP contribution in [0.1, 0.15) is 36.7 Å². The van der Waals surface area contributed by atoms with Gasteiger partial charge in [0, 0.05) is 5.39 Å². The number of aliphatic hydroxyl groups is 2. The van der Waals surface area contributed by atoms with Gasteiger partial charge < -0.3 is 35.1 Å². The van der Waals surface area contributed by atoms with Gasteiger partial charge in [0.05, 0.1) is 32.5 Å². The number of nitrogens with two attached hydrogens (primary N) is 1. The van der Waals surface area contributed by atoms with Gasteiger partial charge in [0.25, 0.3) is 0 Å². The predicted molar refractivity (Wildman–Crippen MR) is 174 cm³/mol. The number of fused-ring (bicyclic) bond motifs is 2. The van der Waals surface area contributed by atoms with E-state index in [9.17, 15) is 24.7 Å². The third-order valence-corrected chi connectivity index (χ3v) is 9.37. The zero-order valence-corrected chi connectivity index (χ0v) is 27.0. The van der Waals surface area contributed by atoms with Gasteiger partial charge in [-0.05, 0) is 36.4 Å². The smallest absolute Gasteiger partial charge is 0.331 e. The Labute approximate surface area is 275 Å². The van der Waals surface area contributed by atoms with Crippen LogP contribution >= 0.6 is 8.18 Å². The minimum Gasteiger partial charge on any atom is -0.481 e. The molecule has 1 radical (unpaired) electrons. The molecule has 16 heteroatoms. The maximum absolute atomic E-state index is 14.1. The number of hydroxylamine groups is 1. The summed E-state index contributed by atoms with van der Waals surface area (Å²) in [4.78, 5) is 31.7. The minimum absolute atomic E-state index is 0.108. The second-order valence-corrected chi connectivity index (χ2v) is 12.6. The molecule has 251 valence electrons. The van der Waals surface area contributed by atoms with E-state index in [1.807, 2.05) is 30.3 Å². The fourth-order valence-electron chi connectivity index (χ4n) is 5.79. The number of aliphatic carboxylic acids is 1. The first-order chi connectivity index (χ1) is 23.0. The van der Waals surface area contributed by atoms with Gasteiger partial charge in [-0.2, -0.15) is 9.97 Å². The number of imidazole rings is 1. The SMILES string of the molecule is [CH2]c1ccccc1[C@H](CC(=O)O)N(OC[C@H]1O[C@@H](n2cnc3c(OC)nc(N)nc32)[C@](C)(O)[C@@H]1O)[PH](=O)Oc1cccc2ccccc12. The summed E-state index contributed by atoms with van der Waals surface area (Å²) >= 11 is 0. The van der Waals surface area contributed by atoms with Crippen molar-refractivity contribution >= 4 is 42.0 Å². The molecule has 0 bridgehead atoms. The molecule has 0 amide bonds. The van der Waals surface area contributed by atoms with Crippen molar-refractivity contribution in [1.29, 1.82) is 0 Å². The zero-order valence-electron chi connectivity index (χ0n) is 26.0. The Kier molecular flexibility index (Phi) is 9.34. The van der Waals surface area contributed by atoms with Crippen molar-refractivity contribution in [2.45, 2.75) is 43.4 Å². The number of hydrogen-bond acceptors (Lipinski definition) is 12. The number of rotatable bonds is 12. The number of aliphatic hydroxyl groups excluding tert-OH is 1. The van der Waals surface area contributed by atoms with Gasteiger partial charge in [-0.3, -0.25) is 18.8 Å². The monoisotopic (exact) mass is 677 g/mol. The van der Waals surface area contributed by atoms with E-state index in [4.69, 9.17) is 24.6 Å². The van der Waals surface area contributed by atoms with E-state index in [-0.39, 0.29) is 23.0 Å². The van der Waals surface area contributed by atoms with Crippen LogP contribution < -0.4 is 15.0 Å². The summed E-state index contributed by atoms with van der Waals surface area (Å²) in [6, 6.07) is 18.3. The lowest BCUT2D eigenvalue weighted by Gasteiger charge is -2.31. The molecule has 15 nitrogen and oxygen atoms in total. The minimum atomic E-state index is -3.40. The Hall–Kier alpha value is -4.63. The number of nitrogen functional groups attached to an aromatic ring is 1. The predicted octanol–water partition coefficient (Wildman–Crippen LogP) is 3.68. The fourth-order valence-corrected chi connectivity index (χ4v) is 6.91. The molecule has 0 saturated carbocycles. The summed E-state index contributed by atoms with van der Waals surface area (Å²) in [5, 5.41) is 34.2. The van der Waals surface area contributed by atoms with E-state index in [2.05, 4.69) is 21.9 Å². The van der Waals surface area contributed by atoms with E-state index in [0.717, 1.165) is 10.2 Å². The zero-order chi connectivity index (χ0) is 34.2. The van der Waals surface area contributed by atoms with Crippen LogP contribution in [-0.2, 0) is 18.9 Å². The third kappa shape index (κ3) is 6.31. The molecular weight excluding hydrogens is 643 g/mol. The van der Waals surface area contributed by atoms with Gasteiger partial charge in [-0.1, -0.05) is 65.5 Å². The van der Waals surface area contributed by atoms with Crippen molar-refractivity contribution in [2.24, 2.45) is 0 Å². The molecular formula is C32H34N6O9P. The van der Waals surface area contributed by atoms with Crippen molar-refractivity contribution in [2.75, 3.05) is 19.5 Å². The Morgan fingerprint density at radius 1 is 1.17 bits per heavy atom. The first-order valence-corrected chi connectivity index (χ1v) is 16.1.